The molecule has 0 amide bonds. The lowest BCUT2D eigenvalue weighted by atomic mass is 10.1. The number of nitro benzene ring substituents is 1. The van der Waals surface area contributed by atoms with Crippen LogP contribution in [0.1, 0.15) is 5.56 Å². The fraction of sp³-hybridized carbons (Fsp3) is 0.312. The minimum Gasteiger partial charge on any atom is -0.348 e. The van der Waals surface area contributed by atoms with E-state index in [-0.39, 0.29) is 11.4 Å². The molecule has 0 saturated carbocycles. The van der Waals surface area contributed by atoms with Gasteiger partial charge in [0.05, 0.1) is 9.85 Å². The highest BCUT2D eigenvalue weighted by atomic mass is 16.6. The molecule has 1 fully saturated rings. The van der Waals surface area contributed by atoms with Gasteiger partial charge in [0.15, 0.2) is 0 Å². The molecular formula is C16H17N5O4. The van der Waals surface area contributed by atoms with Crippen LogP contribution in [0.5, 0.6) is 0 Å². The first kappa shape index (κ1) is 16.8. The van der Waals surface area contributed by atoms with Crippen LogP contribution in [0.3, 0.4) is 0 Å². The van der Waals surface area contributed by atoms with Gasteiger partial charge in [-0.05, 0) is 11.6 Å². The third kappa shape index (κ3) is 3.89. The summed E-state index contributed by atoms with van der Waals surface area (Å²) >= 11 is 0. The van der Waals surface area contributed by atoms with Crippen molar-refractivity contribution in [1.82, 2.24) is 9.88 Å². The number of hydrogen-bond acceptors (Lipinski definition) is 7. The molecule has 2 aromatic rings. The SMILES string of the molecule is O=[N+]([O-])c1cccc(CN2CCN(c3ncccc3[N+](=O)[O-])CC2)c1. The Balaban J connectivity index is 1.64. The molecule has 0 N–H and O–H groups in total. The largest absolute Gasteiger partial charge is 0.348 e. The fourth-order valence-corrected chi connectivity index (χ4v) is 2.92. The van der Waals surface area contributed by atoms with Gasteiger partial charge in [0, 0.05) is 57.1 Å². The number of nitro groups is 2. The topological polar surface area (TPSA) is 106 Å². The summed E-state index contributed by atoms with van der Waals surface area (Å²) in [5.41, 5.74) is 0.973. The molecule has 1 aliphatic rings. The van der Waals surface area contributed by atoms with Gasteiger partial charge < -0.3 is 4.90 Å². The van der Waals surface area contributed by atoms with Gasteiger partial charge in [0.2, 0.25) is 5.82 Å². The first-order chi connectivity index (χ1) is 12.0. The molecule has 1 aromatic heterocycles. The summed E-state index contributed by atoms with van der Waals surface area (Å²) in [7, 11) is 0. The minimum atomic E-state index is -0.419. The van der Waals surface area contributed by atoms with Crippen LogP contribution in [-0.4, -0.2) is 45.9 Å². The Labute approximate surface area is 143 Å². The summed E-state index contributed by atoms with van der Waals surface area (Å²) < 4.78 is 0. The Hall–Kier alpha value is -3.07. The van der Waals surface area contributed by atoms with Gasteiger partial charge in [-0.15, -0.1) is 0 Å². The van der Waals surface area contributed by atoms with Crippen molar-refractivity contribution in [3.8, 4) is 0 Å². The van der Waals surface area contributed by atoms with E-state index in [9.17, 15) is 20.2 Å². The van der Waals surface area contributed by atoms with Gasteiger partial charge in [-0.1, -0.05) is 12.1 Å². The average Bonchev–Trinajstić information content (AvgIpc) is 2.62. The number of rotatable bonds is 5. The van der Waals surface area contributed by atoms with E-state index >= 15 is 0 Å². The molecule has 3 rings (SSSR count). The second-order valence-electron chi connectivity index (χ2n) is 5.79. The number of hydrogen-bond donors (Lipinski definition) is 0. The predicted octanol–water partition coefficient (Wildman–Crippen LogP) is 2.22. The van der Waals surface area contributed by atoms with Crippen LogP contribution in [-0.2, 0) is 6.54 Å². The van der Waals surface area contributed by atoms with Crippen LogP contribution in [0, 0.1) is 20.2 Å². The lowest BCUT2D eigenvalue weighted by molar-refractivity contribution is -0.385. The van der Waals surface area contributed by atoms with Gasteiger partial charge in [0.25, 0.3) is 5.69 Å². The highest BCUT2D eigenvalue weighted by molar-refractivity contribution is 5.57. The Morgan fingerprint density at radius 1 is 1.00 bits per heavy atom. The molecule has 0 spiro atoms. The lowest BCUT2D eigenvalue weighted by Gasteiger charge is -2.35. The Morgan fingerprint density at radius 3 is 2.44 bits per heavy atom. The molecule has 0 unspecified atom stereocenters. The molecule has 9 heteroatoms. The normalized spacial score (nSPS) is 15.1. The monoisotopic (exact) mass is 343 g/mol. The van der Waals surface area contributed by atoms with Gasteiger partial charge in [-0.2, -0.15) is 0 Å². The van der Waals surface area contributed by atoms with Crippen molar-refractivity contribution < 1.29 is 9.85 Å². The van der Waals surface area contributed by atoms with Crippen LogP contribution < -0.4 is 4.90 Å². The van der Waals surface area contributed by atoms with Crippen molar-refractivity contribution in [1.29, 1.82) is 0 Å². The molecule has 25 heavy (non-hydrogen) atoms. The minimum absolute atomic E-state index is 0.00892. The molecule has 9 nitrogen and oxygen atoms in total. The zero-order valence-corrected chi connectivity index (χ0v) is 13.4. The van der Waals surface area contributed by atoms with E-state index < -0.39 is 9.85 Å². The van der Waals surface area contributed by atoms with Crippen LogP contribution in [0.25, 0.3) is 0 Å². The van der Waals surface area contributed by atoms with Crippen molar-refractivity contribution in [3.05, 3.63) is 68.4 Å². The second-order valence-corrected chi connectivity index (χ2v) is 5.79. The zero-order valence-electron chi connectivity index (χ0n) is 13.4. The van der Waals surface area contributed by atoms with Crippen LogP contribution in [0.15, 0.2) is 42.6 Å². The van der Waals surface area contributed by atoms with E-state index in [4.69, 9.17) is 0 Å². The Kier molecular flexibility index (Phi) is 4.85. The smallest absolute Gasteiger partial charge is 0.311 e. The van der Waals surface area contributed by atoms with Crippen molar-refractivity contribution >= 4 is 17.2 Å². The molecule has 0 bridgehead atoms. The average molecular weight is 343 g/mol. The third-order valence-corrected chi connectivity index (χ3v) is 4.16. The number of pyridine rings is 1. The summed E-state index contributed by atoms with van der Waals surface area (Å²) in [5, 5.41) is 22.0. The number of benzene rings is 1. The molecule has 0 aliphatic carbocycles. The Bertz CT molecular complexity index is 790. The lowest BCUT2D eigenvalue weighted by Crippen LogP contribution is -2.46. The molecule has 130 valence electrons. The van der Waals surface area contributed by atoms with Crippen molar-refractivity contribution in [3.63, 3.8) is 0 Å². The number of piperazine rings is 1. The van der Waals surface area contributed by atoms with Crippen molar-refractivity contribution in [2.45, 2.75) is 6.54 Å². The zero-order chi connectivity index (χ0) is 17.8. The number of nitrogens with zero attached hydrogens (tertiary/aromatic N) is 5. The Morgan fingerprint density at radius 2 is 1.76 bits per heavy atom. The molecule has 1 aliphatic heterocycles. The number of non-ortho nitro benzene ring substituents is 1. The fourth-order valence-electron chi connectivity index (χ4n) is 2.92. The standard InChI is InChI=1S/C16H17N5O4/c22-20(23)14-4-1-3-13(11-14)12-18-7-9-19(10-8-18)16-15(21(24)25)5-2-6-17-16/h1-6,11H,7-10,12H2. The van der Waals surface area contributed by atoms with Gasteiger partial charge in [-0.3, -0.25) is 25.1 Å². The molecule has 0 atom stereocenters. The van der Waals surface area contributed by atoms with E-state index in [2.05, 4.69) is 9.88 Å². The summed E-state index contributed by atoms with van der Waals surface area (Å²) in [4.78, 5) is 29.4. The quantitative estimate of drug-likeness (QED) is 0.605. The summed E-state index contributed by atoms with van der Waals surface area (Å²) in [6, 6.07) is 9.61. The molecule has 1 aromatic carbocycles. The summed E-state index contributed by atoms with van der Waals surface area (Å²) in [5.74, 6) is 0.391. The highest BCUT2D eigenvalue weighted by Gasteiger charge is 2.24. The van der Waals surface area contributed by atoms with Gasteiger partial charge in [0.1, 0.15) is 0 Å². The van der Waals surface area contributed by atoms with Gasteiger partial charge >= 0.3 is 5.69 Å². The third-order valence-electron chi connectivity index (χ3n) is 4.16. The maximum Gasteiger partial charge on any atom is 0.311 e. The molecule has 2 heterocycles. The predicted molar refractivity (Wildman–Crippen MR) is 91.5 cm³/mol. The van der Waals surface area contributed by atoms with E-state index in [0.717, 1.165) is 5.56 Å². The first-order valence-electron chi connectivity index (χ1n) is 7.84. The van der Waals surface area contributed by atoms with Crippen molar-refractivity contribution in [2.24, 2.45) is 0 Å². The highest BCUT2D eigenvalue weighted by Crippen LogP contribution is 2.26. The van der Waals surface area contributed by atoms with E-state index in [1.165, 1.54) is 12.1 Å². The van der Waals surface area contributed by atoms with E-state index in [0.29, 0.717) is 38.5 Å². The van der Waals surface area contributed by atoms with Crippen molar-refractivity contribution in [2.75, 3.05) is 31.1 Å². The van der Waals surface area contributed by atoms with E-state index in [1.54, 1.807) is 24.4 Å². The second kappa shape index (κ2) is 7.22. The van der Waals surface area contributed by atoms with Crippen LogP contribution in [0.2, 0.25) is 0 Å². The maximum atomic E-state index is 11.1. The maximum absolute atomic E-state index is 11.1. The first-order valence-corrected chi connectivity index (χ1v) is 7.84. The number of anilines is 1. The molecule has 0 radical (unpaired) electrons. The molecular weight excluding hydrogens is 326 g/mol. The molecule has 1 saturated heterocycles. The van der Waals surface area contributed by atoms with Crippen LogP contribution >= 0.6 is 0 Å². The summed E-state index contributed by atoms with van der Waals surface area (Å²) in [6.07, 6.45) is 1.55. The summed E-state index contributed by atoms with van der Waals surface area (Å²) in [6.45, 7) is 3.26. The van der Waals surface area contributed by atoms with Gasteiger partial charge in [-0.25, -0.2) is 4.98 Å². The van der Waals surface area contributed by atoms with Crippen LogP contribution in [0.4, 0.5) is 17.2 Å². The number of aromatic nitrogens is 1. The van der Waals surface area contributed by atoms with E-state index in [1.807, 2.05) is 11.0 Å².